The van der Waals surface area contributed by atoms with Gasteiger partial charge in [-0.3, -0.25) is 0 Å². The van der Waals surface area contributed by atoms with Gasteiger partial charge in [-0.25, -0.2) is 4.79 Å². The Morgan fingerprint density at radius 3 is 3.00 bits per heavy atom. The largest absolute Gasteiger partial charge is 0.468 e. The van der Waals surface area contributed by atoms with E-state index in [0.29, 0.717) is 0 Å². The van der Waals surface area contributed by atoms with Crippen LogP contribution in [-0.4, -0.2) is 27.8 Å². The summed E-state index contributed by atoms with van der Waals surface area (Å²) in [5.74, 6) is -0.790. The predicted molar refractivity (Wildman–Crippen MR) is 40.9 cm³/mol. The van der Waals surface area contributed by atoms with Crippen LogP contribution in [0.25, 0.3) is 0 Å². The van der Waals surface area contributed by atoms with Gasteiger partial charge in [0.15, 0.2) is 6.54 Å². The first-order valence-electron chi connectivity index (χ1n) is 3.38. The monoisotopic (exact) mass is 185 g/mol. The molecule has 0 aliphatic carbocycles. The molecular formula is C6H7N3O4. The molecule has 0 aliphatic rings. The van der Waals surface area contributed by atoms with E-state index in [9.17, 15) is 14.9 Å². The molecule has 0 aromatic carbocycles. The highest BCUT2D eigenvalue weighted by Crippen LogP contribution is 2.04. The van der Waals surface area contributed by atoms with Gasteiger partial charge in [-0.2, -0.15) is 4.68 Å². The fourth-order valence-corrected chi connectivity index (χ4v) is 0.733. The van der Waals surface area contributed by atoms with Gasteiger partial charge in [-0.1, -0.05) is 0 Å². The number of carbonyl (C=O) groups excluding carboxylic acids is 1. The molecule has 1 heterocycles. The van der Waals surface area contributed by atoms with Crippen molar-refractivity contribution in [3.63, 3.8) is 0 Å². The summed E-state index contributed by atoms with van der Waals surface area (Å²) in [7, 11) is 1.24. The maximum Gasteiger partial charge on any atom is 0.389 e. The molecule has 1 aromatic heterocycles. The summed E-state index contributed by atoms with van der Waals surface area (Å²) in [4.78, 5) is 20.3. The first-order valence-corrected chi connectivity index (χ1v) is 3.38. The number of nitrogens with zero attached hydrogens (tertiary/aromatic N) is 3. The van der Waals surface area contributed by atoms with Crippen LogP contribution in [0.15, 0.2) is 12.3 Å². The molecule has 1 rings (SSSR count). The van der Waals surface area contributed by atoms with Crippen LogP contribution >= 0.6 is 0 Å². The molecule has 0 fully saturated rings. The van der Waals surface area contributed by atoms with E-state index in [4.69, 9.17) is 0 Å². The number of carbonyl (C=O) groups is 1. The Morgan fingerprint density at radius 1 is 1.85 bits per heavy atom. The highest BCUT2D eigenvalue weighted by atomic mass is 16.6. The number of ether oxygens (including phenoxy) is 1. The van der Waals surface area contributed by atoms with Crippen LogP contribution in [0.4, 0.5) is 5.82 Å². The van der Waals surface area contributed by atoms with Crippen molar-refractivity contribution in [2.75, 3.05) is 7.11 Å². The van der Waals surface area contributed by atoms with Crippen LogP contribution in [0.5, 0.6) is 0 Å². The fraction of sp³-hybridized carbons (Fsp3) is 0.333. The van der Waals surface area contributed by atoms with E-state index < -0.39 is 10.9 Å². The minimum absolute atomic E-state index is 0.121. The zero-order valence-corrected chi connectivity index (χ0v) is 6.84. The van der Waals surface area contributed by atoms with E-state index >= 15 is 0 Å². The van der Waals surface area contributed by atoms with Crippen molar-refractivity contribution in [1.29, 1.82) is 0 Å². The average molecular weight is 185 g/mol. The van der Waals surface area contributed by atoms with E-state index in [2.05, 4.69) is 9.84 Å². The molecule has 0 atom stereocenters. The second-order valence-corrected chi connectivity index (χ2v) is 2.20. The van der Waals surface area contributed by atoms with Crippen LogP contribution < -0.4 is 0 Å². The first kappa shape index (κ1) is 9.17. The standard InChI is InChI=1S/C6H7N3O4/c1-13-6(10)4-8-3-2-5(7-8)9(11)12/h2-3H,4H2,1H3. The lowest BCUT2D eigenvalue weighted by Gasteiger charge is -1.93. The lowest BCUT2D eigenvalue weighted by molar-refractivity contribution is -0.389. The van der Waals surface area contributed by atoms with E-state index in [1.165, 1.54) is 19.4 Å². The summed E-state index contributed by atoms with van der Waals surface area (Å²) in [6.45, 7) is -0.121. The van der Waals surface area contributed by atoms with Gasteiger partial charge in [0, 0.05) is 0 Å². The molecule has 70 valence electrons. The fourth-order valence-electron chi connectivity index (χ4n) is 0.733. The summed E-state index contributed by atoms with van der Waals surface area (Å²) < 4.78 is 5.50. The van der Waals surface area contributed by atoms with Crippen molar-refractivity contribution in [3.8, 4) is 0 Å². The number of hydrogen-bond acceptors (Lipinski definition) is 5. The molecule has 7 heteroatoms. The van der Waals surface area contributed by atoms with Gasteiger partial charge in [0.1, 0.15) is 0 Å². The summed E-state index contributed by atoms with van der Waals surface area (Å²) in [5, 5.41) is 13.7. The zero-order valence-electron chi connectivity index (χ0n) is 6.84. The molecule has 7 nitrogen and oxygen atoms in total. The van der Waals surface area contributed by atoms with Crippen molar-refractivity contribution in [1.82, 2.24) is 9.78 Å². The van der Waals surface area contributed by atoms with Crippen molar-refractivity contribution < 1.29 is 14.5 Å². The predicted octanol–water partition coefficient (Wildman–Crippen LogP) is -0.0357. The van der Waals surface area contributed by atoms with Gasteiger partial charge >= 0.3 is 11.8 Å². The minimum Gasteiger partial charge on any atom is -0.468 e. The van der Waals surface area contributed by atoms with Crippen LogP contribution in [0, 0.1) is 10.1 Å². The topological polar surface area (TPSA) is 87.3 Å². The van der Waals surface area contributed by atoms with Crippen molar-refractivity contribution in [3.05, 3.63) is 22.4 Å². The van der Waals surface area contributed by atoms with Gasteiger partial charge < -0.3 is 14.9 Å². The molecule has 0 radical (unpaired) electrons. The Labute approximate surface area is 73.1 Å². The van der Waals surface area contributed by atoms with Gasteiger partial charge in [0.05, 0.1) is 24.5 Å². The van der Waals surface area contributed by atoms with E-state index in [0.717, 1.165) is 4.68 Å². The Balaban J connectivity index is 2.69. The number of esters is 1. The van der Waals surface area contributed by atoms with Gasteiger partial charge in [-0.15, -0.1) is 0 Å². The zero-order chi connectivity index (χ0) is 9.84. The molecule has 0 saturated heterocycles. The normalized spacial score (nSPS) is 9.62. The van der Waals surface area contributed by atoms with Crippen LogP contribution in [0.1, 0.15) is 0 Å². The molecule has 0 saturated carbocycles. The first-order chi connectivity index (χ1) is 6.13. The number of hydrogen-bond donors (Lipinski definition) is 0. The Bertz CT molecular complexity index is 332. The third-order valence-corrected chi connectivity index (χ3v) is 1.33. The number of rotatable bonds is 3. The number of methoxy groups -OCH3 is 1. The second kappa shape index (κ2) is 3.65. The van der Waals surface area contributed by atoms with Crippen LogP contribution in [0.2, 0.25) is 0 Å². The maximum atomic E-state index is 10.7. The molecule has 1 aromatic rings. The summed E-state index contributed by atoms with van der Waals surface area (Å²) in [6, 6.07) is 1.21. The lowest BCUT2D eigenvalue weighted by Crippen LogP contribution is -2.11. The molecule has 0 N–H and O–H groups in total. The summed E-state index contributed by atoms with van der Waals surface area (Å²) >= 11 is 0. The molecule has 0 unspecified atom stereocenters. The highest BCUT2D eigenvalue weighted by Gasteiger charge is 2.12. The number of nitro groups is 1. The van der Waals surface area contributed by atoms with Gasteiger partial charge in [0.2, 0.25) is 0 Å². The number of aromatic nitrogens is 2. The van der Waals surface area contributed by atoms with Gasteiger partial charge in [0.25, 0.3) is 0 Å². The van der Waals surface area contributed by atoms with Crippen molar-refractivity contribution >= 4 is 11.8 Å². The second-order valence-electron chi connectivity index (χ2n) is 2.20. The smallest absolute Gasteiger partial charge is 0.389 e. The van der Waals surface area contributed by atoms with E-state index in [1.54, 1.807) is 0 Å². The average Bonchev–Trinajstić information content (AvgIpc) is 2.52. The highest BCUT2D eigenvalue weighted by molar-refractivity contribution is 5.68. The Morgan fingerprint density at radius 2 is 2.54 bits per heavy atom. The van der Waals surface area contributed by atoms with Crippen molar-refractivity contribution in [2.45, 2.75) is 6.54 Å². The quantitative estimate of drug-likeness (QED) is 0.374. The molecular weight excluding hydrogens is 178 g/mol. The molecule has 0 amide bonds. The van der Waals surface area contributed by atoms with Crippen LogP contribution in [-0.2, 0) is 16.1 Å². The third kappa shape index (κ3) is 2.26. The molecule has 0 aliphatic heterocycles. The minimum atomic E-state index is -0.631. The molecule has 13 heavy (non-hydrogen) atoms. The van der Waals surface area contributed by atoms with E-state index in [-0.39, 0.29) is 12.4 Å². The SMILES string of the molecule is COC(=O)Cn1ccc([N+](=O)[O-])n1. The lowest BCUT2D eigenvalue weighted by atomic mass is 10.6. The van der Waals surface area contributed by atoms with Gasteiger partial charge in [-0.05, 0) is 4.92 Å². The third-order valence-electron chi connectivity index (χ3n) is 1.33. The molecule has 0 spiro atoms. The summed E-state index contributed by atoms with van der Waals surface area (Å²) in [6.07, 6.45) is 1.34. The maximum absolute atomic E-state index is 10.7. The molecule has 0 bridgehead atoms. The summed E-state index contributed by atoms with van der Waals surface area (Å²) in [5.41, 5.74) is 0. The van der Waals surface area contributed by atoms with Crippen LogP contribution in [0.3, 0.4) is 0 Å². The Kier molecular flexibility index (Phi) is 2.58. The Hall–Kier alpha value is -1.92. The van der Waals surface area contributed by atoms with Crippen molar-refractivity contribution in [2.24, 2.45) is 0 Å². The van der Waals surface area contributed by atoms with E-state index in [1.807, 2.05) is 0 Å².